The molecule has 3 N–H and O–H groups in total. The maximum absolute atomic E-state index is 5.46. The van der Waals surface area contributed by atoms with E-state index in [1.165, 1.54) is 0 Å². The molecule has 1 saturated heterocycles. The van der Waals surface area contributed by atoms with Crippen LogP contribution in [0.1, 0.15) is 13.8 Å². The minimum absolute atomic E-state index is 0.354. The summed E-state index contributed by atoms with van der Waals surface area (Å²) in [5.74, 6) is -0.146. The molecule has 0 aromatic carbocycles. The van der Waals surface area contributed by atoms with Crippen molar-refractivity contribution in [2.24, 2.45) is 11.7 Å². The maximum Gasteiger partial charge on any atom is 0.215 e. The van der Waals surface area contributed by atoms with Crippen LogP contribution in [0.5, 0.6) is 0 Å². The molecule has 0 amide bonds. The molecule has 0 aliphatic carbocycles. The summed E-state index contributed by atoms with van der Waals surface area (Å²) in [4.78, 5) is 4.69. The second kappa shape index (κ2) is 1.18. The molecule has 1 heterocycles. The number of rotatable bonds is 1. The Labute approximate surface area is 42.8 Å². The van der Waals surface area contributed by atoms with Crippen LogP contribution in [0.25, 0.3) is 0 Å². The Kier molecular flexibility index (Phi) is 0.849. The van der Waals surface area contributed by atoms with Crippen LogP contribution in [-0.4, -0.2) is 5.85 Å². The molecule has 42 valence electrons. The first-order valence-corrected chi connectivity index (χ1v) is 2.39. The van der Waals surface area contributed by atoms with E-state index < -0.39 is 5.85 Å². The first kappa shape index (κ1) is 5.03. The van der Waals surface area contributed by atoms with E-state index in [0.29, 0.717) is 5.92 Å². The molecule has 7 heavy (non-hydrogen) atoms. The van der Waals surface area contributed by atoms with Crippen LogP contribution in [0.4, 0.5) is 0 Å². The summed E-state index contributed by atoms with van der Waals surface area (Å²) in [6.45, 7) is 4.00. The third-order valence-electron chi connectivity index (χ3n) is 1.20. The lowest BCUT2D eigenvalue weighted by Gasteiger charge is -2.03. The number of hydrogen-bond acceptors (Lipinski definition) is 3. The maximum atomic E-state index is 5.46. The lowest BCUT2D eigenvalue weighted by molar-refractivity contribution is 0.242. The van der Waals surface area contributed by atoms with E-state index >= 15 is 0 Å². The molecule has 1 fully saturated rings. The number of hydroxylamine groups is 1. The van der Waals surface area contributed by atoms with E-state index in [1.54, 1.807) is 0 Å². The summed E-state index contributed by atoms with van der Waals surface area (Å²) in [5.41, 5.74) is 8.04. The normalized spacial score (nSPS) is 39.4. The number of nitrogens with one attached hydrogen (secondary N) is 1. The highest BCUT2D eigenvalue weighted by atomic mass is 16.8. The SMILES string of the molecule is CC(C)C1(N)NO1. The zero-order valence-electron chi connectivity index (χ0n) is 4.56. The van der Waals surface area contributed by atoms with Crippen LogP contribution in [-0.2, 0) is 4.84 Å². The quantitative estimate of drug-likeness (QED) is 0.450. The third-order valence-corrected chi connectivity index (χ3v) is 1.20. The fourth-order valence-corrected chi connectivity index (χ4v) is 0.295. The smallest absolute Gasteiger partial charge is 0.215 e. The highest BCUT2D eigenvalue weighted by Gasteiger charge is 2.43. The Hall–Kier alpha value is -0.120. The van der Waals surface area contributed by atoms with Gasteiger partial charge in [-0.3, -0.25) is 10.6 Å². The highest BCUT2D eigenvalue weighted by Crippen LogP contribution is 2.20. The van der Waals surface area contributed by atoms with Gasteiger partial charge in [-0.1, -0.05) is 13.8 Å². The second-order valence-electron chi connectivity index (χ2n) is 2.15. The molecule has 1 rings (SSSR count). The van der Waals surface area contributed by atoms with Gasteiger partial charge in [-0.2, -0.15) is 5.48 Å². The van der Waals surface area contributed by atoms with Crippen LogP contribution in [0.2, 0.25) is 0 Å². The van der Waals surface area contributed by atoms with E-state index in [2.05, 4.69) is 10.3 Å². The molecule has 0 saturated carbocycles. The van der Waals surface area contributed by atoms with Crippen LogP contribution in [0, 0.1) is 5.92 Å². The number of hydrogen-bond donors (Lipinski definition) is 2. The number of nitrogens with two attached hydrogens (primary N) is 1. The van der Waals surface area contributed by atoms with Crippen molar-refractivity contribution in [2.75, 3.05) is 0 Å². The van der Waals surface area contributed by atoms with Gasteiger partial charge in [0.1, 0.15) is 0 Å². The third kappa shape index (κ3) is 0.748. The molecule has 1 unspecified atom stereocenters. The molecular weight excluding hydrogens is 92.1 g/mol. The zero-order valence-corrected chi connectivity index (χ0v) is 4.56. The van der Waals surface area contributed by atoms with Gasteiger partial charge >= 0.3 is 0 Å². The summed E-state index contributed by atoms with van der Waals surface area (Å²) in [7, 11) is 0. The Morgan fingerprint density at radius 1 is 1.71 bits per heavy atom. The lowest BCUT2D eigenvalue weighted by atomic mass is 10.1. The van der Waals surface area contributed by atoms with Crippen molar-refractivity contribution >= 4 is 0 Å². The molecule has 1 aliphatic heterocycles. The van der Waals surface area contributed by atoms with Gasteiger partial charge in [0.05, 0.1) is 0 Å². The predicted molar refractivity (Wildman–Crippen MR) is 26.0 cm³/mol. The van der Waals surface area contributed by atoms with Crippen molar-refractivity contribution in [1.82, 2.24) is 5.48 Å². The highest BCUT2D eigenvalue weighted by molar-refractivity contribution is 4.78. The van der Waals surface area contributed by atoms with Crippen LogP contribution in [0.15, 0.2) is 0 Å². The van der Waals surface area contributed by atoms with E-state index in [1.807, 2.05) is 13.8 Å². The van der Waals surface area contributed by atoms with Gasteiger partial charge in [-0.15, -0.1) is 0 Å². The second-order valence-corrected chi connectivity index (χ2v) is 2.15. The molecule has 3 heteroatoms. The van der Waals surface area contributed by atoms with Gasteiger partial charge in [-0.05, 0) is 0 Å². The first-order chi connectivity index (χ1) is 3.15. The topological polar surface area (TPSA) is 60.5 Å². The molecule has 3 nitrogen and oxygen atoms in total. The molecule has 0 aromatic rings. The fraction of sp³-hybridized carbons (Fsp3) is 1.00. The Balaban J connectivity index is 2.39. The Morgan fingerprint density at radius 2 is 2.14 bits per heavy atom. The van der Waals surface area contributed by atoms with E-state index in [0.717, 1.165) is 0 Å². The molecule has 0 aromatic heterocycles. The molecule has 0 bridgehead atoms. The molecule has 1 atom stereocenters. The van der Waals surface area contributed by atoms with Gasteiger partial charge in [0.25, 0.3) is 0 Å². The largest absolute Gasteiger partial charge is 0.287 e. The van der Waals surface area contributed by atoms with Crippen LogP contribution >= 0.6 is 0 Å². The van der Waals surface area contributed by atoms with Gasteiger partial charge < -0.3 is 0 Å². The Bertz CT molecular complexity index is 77.8. The average Bonchev–Trinajstić information content (AvgIpc) is 2.21. The lowest BCUT2D eigenvalue weighted by Crippen LogP contribution is -2.33. The van der Waals surface area contributed by atoms with E-state index in [-0.39, 0.29) is 0 Å². The monoisotopic (exact) mass is 102 g/mol. The van der Waals surface area contributed by atoms with Crippen molar-refractivity contribution in [3.63, 3.8) is 0 Å². The van der Waals surface area contributed by atoms with Crippen molar-refractivity contribution in [2.45, 2.75) is 19.7 Å². The van der Waals surface area contributed by atoms with Crippen LogP contribution in [0.3, 0.4) is 0 Å². The standard InChI is InChI=1S/C4H10N2O/c1-3(2)4(5)6-7-4/h3,6H,5H2,1-2H3. The molecule has 0 spiro atoms. The minimum Gasteiger partial charge on any atom is -0.287 e. The molecular formula is C4H10N2O. The average molecular weight is 102 g/mol. The fourth-order valence-electron chi connectivity index (χ4n) is 0.295. The van der Waals surface area contributed by atoms with E-state index in [9.17, 15) is 0 Å². The van der Waals surface area contributed by atoms with Gasteiger partial charge in [-0.25, -0.2) is 0 Å². The minimum atomic E-state index is -0.500. The predicted octanol–water partition coefficient (Wildman–Crippen LogP) is -0.210. The van der Waals surface area contributed by atoms with E-state index in [4.69, 9.17) is 5.73 Å². The summed E-state index contributed by atoms with van der Waals surface area (Å²) in [6.07, 6.45) is 0. The zero-order chi connectivity index (χ0) is 5.49. The summed E-state index contributed by atoms with van der Waals surface area (Å²) in [6, 6.07) is 0. The van der Waals surface area contributed by atoms with Gasteiger partial charge in [0, 0.05) is 5.92 Å². The van der Waals surface area contributed by atoms with Gasteiger partial charge in [0.15, 0.2) is 0 Å². The summed E-state index contributed by atoms with van der Waals surface area (Å²) in [5, 5.41) is 0. The molecule has 0 radical (unpaired) electrons. The summed E-state index contributed by atoms with van der Waals surface area (Å²) < 4.78 is 0. The van der Waals surface area contributed by atoms with Crippen molar-refractivity contribution < 1.29 is 4.84 Å². The van der Waals surface area contributed by atoms with Crippen LogP contribution < -0.4 is 11.2 Å². The summed E-state index contributed by atoms with van der Waals surface area (Å²) >= 11 is 0. The van der Waals surface area contributed by atoms with Crippen molar-refractivity contribution in [3.8, 4) is 0 Å². The first-order valence-electron chi connectivity index (χ1n) is 2.39. The van der Waals surface area contributed by atoms with Crippen molar-refractivity contribution in [3.05, 3.63) is 0 Å². The molecule has 1 aliphatic rings. The Morgan fingerprint density at radius 3 is 2.14 bits per heavy atom. The van der Waals surface area contributed by atoms with Gasteiger partial charge in [0.2, 0.25) is 5.85 Å². The van der Waals surface area contributed by atoms with Crippen molar-refractivity contribution in [1.29, 1.82) is 0 Å².